The molecule has 5 rings (SSSR count). The molecule has 1 aromatic rings. The molecule has 3 saturated carbocycles. The fourth-order valence-electron chi connectivity index (χ4n) is 4.11. The molecule has 2 amide bonds. The standard InChI is InChI=1S/C23H32N4O4/c28-17-9-10-27(12-17)26-22(30)20(11-14-1-2-14)24-21(29)19-8-7-18(16-5-6-16)23(25-19)31-13-15-3-4-15/h7-8,14-17,20,28H,1-6,9-13H2,(H,24,29)(H,26,30)/t17?,20-/m0/s1. The summed E-state index contributed by atoms with van der Waals surface area (Å²) in [5.74, 6) is 1.58. The molecule has 1 saturated heterocycles. The van der Waals surface area contributed by atoms with Crippen molar-refractivity contribution in [3.05, 3.63) is 23.4 Å². The van der Waals surface area contributed by atoms with Crippen LogP contribution >= 0.6 is 0 Å². The Morgan fingerprint density at radius 3 is 2.55 bits per heavy atom. The monoisotopic (exact) mass is 428 g/mol. The van der Waals surface area contributed by atoms with E-state index in [-0.39, 0.29) is 11.8 Å². The van der Waals surface area contributed by atoms with Gasteiger partial charge in [-0.15, -0.1) is 0 Å². The summed E-state index contributed by atoms with van der Waals surface area (Å²) in [4.78, 5) is 30.4. The van der Waals surface area contributed by atoms with Crippen LogP contribution in [0.15, 0.2) is 12.1 Å². The number of nitrogens with one attached hydrogen (secondary N) is 2. The van der Waals surface area contributed by atoms with Gasteiger partial charge in [0.2, 0.25) is 5.88 Å². The summed E-state index contributed by atoms with van der Waals surface area (Å²) < 4.78 is 5.98. The quantitative estimate of drug-likeness (QED) is 0.525. The number of rotatable bonds is 10. The normalized spacial score (nSPS) is 24.6. The number of carbonyl (C=O) groups excluding carboxylic acids is 2. The lowest BCUT2D eigenvalue weighted by atomic mass is 10.1. The maximum Gasteiger partial charge on any atom is 0.270 e. The van der Waals surface area contributed by atoms with Crippen molar-refractivity contribution in [2.45, 2.75) is 69.4 Å². The zero-order valence-electron chi connectivity index (χ0n) is 17.9. The summed E-state index contributed by atoms with van der Waals surface area (Å²) >= 11 is 0. The van der Waals surface area contributed by atoms with Gasteiger partial charge >= 0.3 is 0 Å². The Kier molecular flexibility index (Phi) is 5.84. The number of aromatic nitrogens is 1. The Morgan fingerprint density at radius 2 is 1.90 bits per heavy atom. The van der Waals surface area contributed by atoms with Gasteiger partial charge in [0.15, 0.2) is 0 Å². The fourth-order valence-corrected chi connectivity index (χ4v) is 4.11. The Hall–Kier alpha value is -2.19. The van der Waals surface area contributed by atoms with Crippen molar-refractivity contribution in [1.82, 2.24) is 20.7 Å². The van der Waals surface area contributed by atoms with Crippen LogP contribution in [0.3, 0.4) is 0 Å². The molecule has 3 N–H and O–H groups in total. The van der Waals surface area contributed by atoms with Gasteiger partial charge in [0.25, 0.3) is 11.8 Å². The number of aliphatic hydroxyl groups is 1. The summed E-state index contributed by atoms with van der Waals surface area (Å²) in [6.45, 7) is 1.69. The van der Waals surface area contributed by atoms with E-state index in [4.69, 9.17) is 4.74 Å². The summed E-state index contributed by atoms with van der Waals surface area (Å²) in [6, 6.07) is 3.10. The number of nitrogens with zero attached hydrogens (tertiary/aromatic N) is 2. The van der Waals surface area contributed by atoms with E-state index < -0.39 is 12.1 Å². The number of carbonyl (C=O) groups is 2. The zero-order chi connectivity index (χ0) is 21.4. The lowest BCUT2D eigenvalue weighted by Crippen LogP contribution is -2.52. The van der Waals surface area contributed by atoms with Crippen LogP contribution in [0, 0.1) is 11.8 Å². The lowest BCUT2D eigenvalue weighted by molar-refractivity contribution is -0.127. The average molecular weight is 429 g/mol. The van der Waals surface area contributed by atoms with Crippen molar-refractivity contribution in [2.75, 3.05) is 19.7 Å². The number of hydrazine groups is 1. The summed E-state index contributed by atoms with van der Waals surface area (Å²) in [5.41, 5.74) is 4.24. The SMILES string of the molecule is O=C(N[C@@H](CC1CC1)C(=O)NN1CCC(O)C1)c1ccc(C2CC2)c(OCC2CC2)n1. The number of hydrogen-bond acceptors (Lipinski definition) is 6. The van der Waals surface area contributed by atoms with E-state index in [0.717, 1.165) is 31.2 Å². The van der Waals surface area contributed by atoms with Crippen molar-refractivity contribution < 1.29 is 19.4 Å². The van der Waals surface area contributed by atoms with E-state index in [1.165, 1.54) is 12.8 Å². The first-order valence-electron chi connectivity index (χ1n) is 11.7. The van der Waals surface area contributed by atoms with Gasteiger partial charge in [0, 0.05) is 18.7 Å². The van der Waals surface area contributed by atoms with Crippen LogP contribution in [-0.4, -0.2) is 58.8 Å². The topological polar surface area (TPSA) is 104 Å². The van der Waals surface area contributed by atoms with Crippen LogP contribution in [0.4, 0.5) is 0 Å². The highest BCUT2D eigenvalue weighted by atomic mass is 16.5. The predicted molar refractivity (Wildman–Crippen MR) is 113 cm³/mol. The van der Waals surface area contributed by atoms with Gasteiger partial charge in [-0.3, -0.25) is 15.0 Å². The van der Waals surface area contributed by atoms with Crippen molar-refractivity contribution in [3.63, 3.8) is 0 Å². The van der Waals surface area contributed by atoms with E-state index in [2.05, 4.69) is 15.7 Å². The molecular formula is C23H32N4O4. The van der Waals surface area contributed by atoms with Gasteiger partial charge in [-0.25, -0.2) is 9.99 Å². The Labute approximate surface area is 182 Å². The van der Waals surface area contributed by atoms with E-state index in [1.54, 1.807) is 11.1 Å². The fraction of sp³-hybridized carbons (Fsp3) is 0.696. The third-order valence-electron chi connectivity index (χ3n) is 6.61. The molecule has 8 heteroatoms. The molecule has 1 unspecified atom stereocenters. The second kappa shape index (κ2) is 8.74. The molecule has 168 valence electrons. The highest BCUT2D eigenvalue weighted by molar-refractivity contribution is 5.96. The number of amides is 2. The van der Waals surface area contributed by atoms with Crippen molar-refractivity contribution in [2.24, 2.45) is 11.8 Å². The van der Waals surface area contributed by atoms with Gasteiger partial charge in [-0.2, -0.15) is 0 Å². The van der Waals surface area contributed by atoms with Gasteiger partial charge in [0.1, 0.15) is 11.7 Å². The minimum atomic E-state index is -0.613. The van der Waals surface area contributed by atoms with Crippen LogP contribution in [-0.2, 0) is 4.79 Å². The van der Waals surface area contributed by atoms with Crippen LogP contribution < -0.4 is 15.5 Å². The van der Waals surface area contributed by atoms with Crippen molar-refractivity contribution >= 4 is 11.8 Å². The molecule has 31 heavy (non-hydrogen) atoms. The molecule has 8 nitrogen and oxygen atoms in total. The van der Waals surface area contributed by atoms with Gasteiger partial charge in [-0.1, -0.05) is 18.9 Å². The molecule has 2 heterocycles. The zero-order valence-corrected chi connectivity index (χ0v) is 17.9. The molecule has 0 spiro atoms. The third kappa shape index (κ3) is 5.54. The molecule has 1 aliphatic heterocycles. The van der Waals surface area contributed by atoms with E-state index >= 15 is 0 Å². The number of β-amino-alcohol motifs (C(OH)–C–C–N with tert-alkyl or cyclic N) is 1. The van der Waals surface area contributed by atoms with Crippen LogP contribution in [0.1, 0.15) is 73.3 Å². The first-order valence-corrected chi connectivity index (χ1v) is 11.7. The van der Waals surface area contributed by atoms with Gasteiger partial charge < -0.3 is 15.2 Å². The minimum absolute atomic E-state index is 0.228. The summed E-state index contributed by atoms with van der Waals surface area (Å²) in [5, 5.41) is 14.3. The third-order valence-corrected chi connectivity index (χ3v) is 6.61. The Morgan fingerprint density at radius 1 is 1.13 bits per heavy atom. The van der Waals surface area contributed by atoms with Gasteiger partial charge in [-0.05, 0) is 62.3 Å². The smallest absolute Gasteiger partial charge is 0.270 e. The highest BCUT2D eigenvalue weighted by Gasteiger charge is 2.34. The van der Waals surface area contributed by atoms with Crippen LogP contribution in [0.5, 0.6) is 5.88 Å². The Balaban J connectivity index is 1.25. The number of ether oxygens (including phenoxy) is 1. The number of hydrogen-bond donors (Lipinski definition) is 3. The molecule has 4 aliphatic rings. The summed E-state index contributed by atoms with van der Waals surface area (Å²) in [6.07, 6.45) is 7.71. The van der Waals surface area contributed by atoms with E-state index in [9.17, 15) is 14.7 Å². The van der Waals surface area contributed by atoms with Crippen molar-refractivity contribution in [1.29, 1.82) is 0 Å². The lowest BCUT2D eigenvalue weighted by Gasteiger charge is -2.23. The maximum absolute atomic E-state index is 13.0. The first-order chi connectivity index (χ1) is 15.0. The molecular weight excluding hydrogens is 396 g/mol. The summed E-state index contributed by atoms with van der Waals surface area (Å²) in [7, 11) is 0. The van der Waals surface area contributed by atoms with Crippen LogP contribution in [0.25, 0.3) is 0 Å². The second-order valence-electron chi connectivity index (χ2n) is 9.69. The molecule has 0 aromatic carbocycles. The largest absolute Gasteiger partial charge is 0.477 e. The second-order valence-corrected chi connectivity index (χ2v) is 9.69. The molecule has 4 fully saturated rings. The van der Waals surface area contributed by atoms with Crippen molar-refractivity contribution in [3.8, 4) is 5.88 Å². The average Bonchev–Trinajstić information content (AvgIpc) is 3.60. The molecule has 1 aromatic heterocycles. The molecule has 2 atom stereocenters. The first kappa shape index (κ1) is 20.7. The number of pyridine rings is 1. The number of aliphatic hydroxyl groups excluding tert-OH is 1. The van der Waals surface area contributed by atoms with Gasteiger partial charge in [0.05, 0.1) is 12.7 Å². The maximum atomic E-state index is 13.0. The van der Waals surface area contributed by atoms with E-state index in [1.807, 2.05) is 6.07 Å². The molecule has 3 aliphatic carbocycles. The highest BCUT2D eigenvalue weighted by Crippen LogP contribution is 2.44. The van der Waals surface area contributed by atoms with Crippen LogP contribution in [0.2, 0.25) is 0 Å². The molecule has 0 bridgehead atoms. The molecule has 0 radical (unpaired) electrons. The van der Waals surface area contributed by atoms with E-state index in [0.29, 0.717) is 61.9 Å². The minimum Gasteiger partial charge on any atom is -0.477 e. The Bertz CT molecular complexity index is 835. The predicted octanol–water partition coefficient (Wildman–Crippen LogP) is 1.74.